The first-order valence-corrected chi connectivity index (χ1v) is 28.1. The molecule has 2 aliphatic heterocycles. The van der Waals surface area contributed by atoms with Crippen LogP contribution < -0.4 is 10.6 Å². The fourth-order valence-electron chi connectivity index (χ4n) is 14.0. The van der Waals surface area contributed by atoms with Crippen LogP contribution in [0.1, 0.15) is 192 Å². The molecule has 6 aliphatic rings. The van der Waals surface area contributed by atoms with E-state index >= 15 is 0 Å². The van der Waals surface area contributed by atoms with E-state index < -0.39 is 35.5 Å². The first kappa shape index (κ1) is 51.8. The molecule has 0 bridgehead atoms. The number of likely N-dealkylation sites (tertiary alicyclic amines) is 2. The molecular formula is C60H82N8O6. The van der Waals surface area contributed by atoms with Crippen LogP contribution in [0.25, 0.3) is 33.6 Å². The van der Waals surface area contributed by atoms with Crippen molar-refractivity contribution >= 4 is 24.0 Å². The number of hydrogen-bond acceptors (Lipinski definition) is 8. The highest BCUT2D eigenvalue weighted by molar-refractivity contribution is 5.88. The zero-order valence-corrected chi connectivity index (χ0v) is 45.9. The summed E-state index contributed by atoms with van der Waals surface area (Å²) in [6, 6.07) is 7.59. The Hall–Kier alpha value is -5.66. The molecule has 4 atom stereocenters. The minimum Gasteiger partial charge on any atom is -0.444 e. The molecule has 2 aromatic carbocycles. The van der Waals surface area contributed by atoms with Crippen molar-refractivity contribution in [1.29, 1.82) is 0 Å². The normalized spacial score (nSPS) is 21.7. The van der Waals surface area contributed by atoms with Gasteiger partial charge in [0.2, 0.25) is 11.8 Å². The Morgan fingerprint density at radius 2 is 0.892 bits per heavy atom. The van der Waals surface area contributed by atoms with Gasteiger partial charge < -0.3 is 39.9 Å². The Labute approximate surface area is 438 Å². The van der Waals surface area contributed by atoms with Gasteiger partial charge in [0.1, 0.15) is 34.9 Å². The molecule has 14 nitrogen and oxygen atoms in total. The van der Waals surface area contributed by atoms with E-state index in [2.05, 4.69) is 44.9 Å². The van der Waals surface area contributed by atoms with Crippen molar-refractivity contribution in [3.05, 3.63) is 70.6 Å². The molecule has 2 saturated carbocycles. The van der Waals surface area contributed by atoms with Crippen LogP contribution in [0.15, 0.2) is 36.7 Å². The van der Waals surface area contributed by atoms with Crippen molar-refractivity contribution in [2.45, 2.75) is 207 Å². The molecule has 0 unspecified atom stereocenters. The number of imidazole rings is 2. The molecule has 2 spiro atoms. The lowest BCUT2D eigenvalue weighted by Gasteiger charge is -2.31. The van der Waals surface area contributed by atoms with Crippen LogP contribution in [0.4, 0.5) is 9.59 Å². The number of amides is 4. The van der Waals surface area contributed by atoms with Crippen LogP contribution in [0.3, 0.4) is 0 Å². The number of hydrogen-bond donors (Lipinski definition) is 4. The number of alkyl carbamates (subject to hydrolysis) is 2. The number of benzene rings is 2. The van der Waals surface area contributed by atoms with Gasteiger partial charge in [0.05, 0.1) is 35.9 Å². The second-order valence-corrected chi connectivity index (χ2v) is 25.8. The Morgan fingerprint density at radius 3 is 1.23 bits per heavy atom. The van der Waals surface area contributed by atoms with E-state index in [0.717, 1.165) is 74.4 Å². The second kappa shape index (κ2) is 19.8. The molecule has 398 valence electrons. The topological polar surface area (TPSA) is 175 Å². The number of carbonyl (C=O) groups is 4. The maximum atomic E-state index is 14.2. The number of rotatable bonds is 11. The number of nitrogens with zero attached hydrogens (tertiary/aromatic N) is 4. The summed E-state index contributed by atoms with van der Waals surface area (Å²) in [7, 11) is 0. The summed E-state index contributed by atoms with van der Waals surface area (Å²) < 4.78 is 11.1. The van der Waals surface area contributed by atoms with Crippen LogP contribution >= 0.6 is 0 Å². The van der Waals surface area contributed by atoms with Gasteiger partial charge >= 0.3 is 12.2 Å². The fourth-order valence-corrected chi connectivity index (χ4v) is 14.0. The molecule has 4 fully saturated rings. The molecule has 74 heavy (non-hydrogen) atoms. The largest absolute Gasteiger partial charge is 0.444 e. The standard InChI is InChI=1S/C60H82N8O6/c1-35(2)49(65-55(71)73-57(5,6)7)53(69)67-27-15-17-47(67)51-61-33-45(63-51)39-21-19-37(41-29-59(31-43(39)41)23-11-12-24-59)38-20-22-40(44-32-60(30-42(38)44)25-13-14-26-60)46-34-62-52(64-46)48-18-16-28-68(48)54(70)50(36(3)4)66-56(72)74-58(8,9)10/h19-22,33-36,47-50H,11-18,23-32H2,1-10H3,(H,61,63)(H,62,64)(H,65,71)(H,66,72)/t47-,48-,49-,50-/m0/s1. The Bertz CT molecular complexity index is 2590. The van der Waals surface area contributed by atoms with Crippen molar-refractivity contribution in [3.8, 4) is 33.6 Å². The average Bonchev–Trinajstić information content (AvgIpc) is 4.18. The number of fused-ring (bicyclic) bond motifs is 2. The average molecular weight is 1010 g/mol. The summed E-state index contributed by atoms with van der Waals surface area (Å²) in [5.74, 6) is 1.11. The number of nitrogens with one attached hydrogen (secondary N) is 4. The van der Waals surface area contributed by atoms with Gasteiger partial charge in [0.25, 0.3) is 0 Å². The Morgan fingerprint density at radius 1 is 0.554 bits per heavy atom. The van der Waals surface area contributed by atoms with Gasteiger partial charge in [0, 0.05) is 24.2 Å². The van der Waals surface area contributed by atoms with Crippen LogP contribution in [-0.4, -0.2) is 90.1 Å². The molecule has 10 rings (SSSR count). The molecule has 2 saturated heterocycles. The third-order valence-corrected chi connectivity index (χ3v) is 17.4. The SMILES string of the molecule is CC(C)[C@H](NC(=O)OC(C)(C)C)C(=O)N1CCC[C@H]1c1ncc(-c2ccc(-c3ccc(-c4cnc([C@@H]5CCCN5C(=O)[C@@H](NC(=O)OC(C)(C)C)C(C)C)[nH]4)c4c3CC3(CCCC3)C4)c3c2CC2(CCCC2)C3)[nH]1. The highest BCUT2D eigenvalue weighted by Gasteiger charge is 2.46. The van der Waals surface area contributed by atoms with Gasteiger partial charge in [0.15, 0.2) is 0 Å². The predicted molar refractivity (Wildman–Crippen MR) is 287 cm³/mol. The highest BCUT2D eigenvalue weighted by atomic mass is 16.6. The molecule has 2 aromatic heterocycles. The summed E-state index contributed by atoms with van der Waals surface area (Å²) in [4.78, 5) is 75.6. The minimum absolute atomic E-state index is 0.107. The van der Waals surface area contributed by atoms with Crippen molar-refractivity contribution in [2.75, 3.05) is 13.1 Å². The van der Waals surface area contributed by atoms with E-state index in [1.165, 1.54) is 95.9 Å². The van der Waals surface area contributed by atoms with E-state index in [9.17, 15) is 19.2 Å². The number of carbonyl (C=O) groups excluding carboxylic acids is 4. The summed E-state index contributed by atoms with van der Waals surface area (Å²) in [5, 5.41) is 5.77. The summed E-state index contributed by atoms with van der Waals surface area (Å²) in [5.41, 5.74) is 12.1. The van der Waals surface area contributed by atoms with Crippen molar-refractivity contribution in [3.63, 3.8) is 0 Å². The molecule has 4 N–H and O–H groups in total. The zero-order chi connectivity index (χ0) is 52.5. The zero-order valence-electron chi connectivity index (χ0n) is 45.9. The van der Waals surface area contributed by atoms with Gasteiger partial charge in [-0.1, -0.05) is 77.6 Å². The lowest BCUT2D eigenvalue weighted by Crippen LogP contribution is -2.52. The van der Waals surface area contributed by atoms with E-state index in [1.54, 1.807) is 0 Å². The molecule has 4 aliphatic carbocycles. The monoisotopic (exact) mass is 1010 g/mol. The summed E-state index contributed by atoms with van der Waals surface area (Å²) in [6.07, 6.45) is 20.4. The van der Waals surface area contributed by atoms with Crippen LogP contribution in [0, 0.1) is 22.7 Å². The number of aromatic nitrogens is 4. The second-order valence-electron chi connectivity index (χ2n) is 25.8. The molecule has 4 amide bonds. The van der Waals surface area contributed by atoms with Crippen LogP contribution in [0.2, 0.25) is 0 Å². The number of ether oxygens (including phenoxy) is 2. The molecule has 14 heteroatoms. The van der Waals surface area contributed by atoms with E-state index in [4.69, 9.17) is 19.4 Å². The third kappa shape index (κ3) is 10.2. The van der Waals surface area contributed by atoms with Crippen LogP contribution in [-0.2, 0) is 44.7 Å². The van der Waals surface area contributed by atoms with Gasteiger partial charge in [-0.25, -0.2) is 19.6 Å². The number of aromatic amines is 2. The van der Waals surface area contributed by atoms with Gasteiger partial charge in [-0.3, -0.25) is 9.59 Å². The van der Waals surface area contributed by atoms with E-state index in [1.807, 2.05) is 91.4 Å². The van der Waals surface area contributed by atoms with Gasteiger partial charge in [-0.15, -0.1) is 0 Å². The first-order valence-electron chi connectivity index (χ1n) is 28.1. The molecule has 4 aromatic rings. The lowest BCUT2D eigenvalue weighted by molar-refractivity contribution is -0.136. The smallest absolute Gasteiger partial charge is 0.408 e. The maximum Gasteiger partial charge on any atom is 0.408 e. The lowest BCUT2D eigenvalue weighted by atomic mass is 9.82. The highest BCUT2D eigenvalue weighted by Crippen LogP contribution is 2.57. The van der Waals surface area contributed by atoms with E-state index in [0.29, 0.717) is 13.1 Å². The molecular weight excluding hydrogens is 929 g/mol. The maximum absolute atomic E-state index is 14.2. The summed E-state index contributed by atoms with van der Waals surface area (Å²) >= 11 is 0. The number of H-pyrrole nitrogens is 2. The molecule has 4 heterocycles. The third-order valence-electron chi connectivity index (χ3n) is 17.4. The van der Waals surface area contributed by atoms with Crippen molar-refractivity contribution in [2.24, 2.45) is 22.7 Å². The Kier molecular flexibility index (Phi) is 13.9. The Balaban J connectivity index is 0.953. The summed E-state index contributed by atoms with van der Waals surface area (Å²) in [6.45, 7) is 20.0. The van der Waals surface area contributed by atoms with E-state index in [-0.39, 0.29) is 46.6 Å². The predicted octanol–water partition coefficient (Wildman–Crippen LogP) is 11.9. The van der Waals surface area contributed by atoms with Crippen LogP contribution in [0.5, 0.6) is 0 Å². The van der Waals surface area contributed by atoms with Crippen molar-refractivity contribution < 1.29 is 28.7 Å². The minimum atomic E-state index is -0.713. The fraction of sp³-hybridized carbons (Fsp3) is 0.633. The van der Waals surface area contributed by atoms with Crippen molar-refractivity contribution in [1.82, 2.24) is 40.4 Å². The van der Waals surface area contributed by atoms with Gasteiger partial charge in [-0.2, -0.15) is 0 Å². The van der Waals surface area contributed by atoms with Gasteiger partial charge in [-0.05, 0) is 175 Å². The molecule has 0 radical (unpaired) electrons. The quantitative estimate of drug-likeness (QED) is 0.115. The first-order chi connectivity index (χ1) is 35.1.